The van der Waals surface area contributed by atoms with Crippen LogP contribution in [0.2, 0.25) is 0 Å². The van der Waals surface area contributed by atoms with Crippen molar-refractivity contribution in [1.82, 2.24) is 10.3 Å². The van der Waals surface area contributed by atoms with Crippen LogP contribution in [0, 0.1) is 5.41 Å². The molecule has 2 atom stereocenters. The Kier molecular flexibility index (Phi) is 5.40. The van der Waals surface area contributed by atoms with E-state index in [0.717, 1.165) is 36.2 Å². The van der Waals surface area contributed by atoms with E-state index < -0.39 is 10.8 Å². The summed E-state index contributed by atoms with van der Waals surface area (Å²) < 4.78 is 5.95. The fourth-order valence-electron chi connectivity index (χ4n) is 3.18. The van der Waals surface area contributed by atoms with Gasteiger partial charge in [0.25, 0.3) is 0 Å². The van der Waals surface area contributed by atoms with Gasteiger partial charge in [0, 0.05) is 19.4 Å². The molecule has 0 bridgehead atoms. The Morgan fingerprint density at radius 3 is 2.74 bits per heavy atom. The first-order valence-corrected chi connectivity index (χ1v) is 8.57. The number of carbonyl (C=O) groups excluding carboxylic acids is 1. The number of thiocarbonyl (C=S) groups is 1. The SMILES string of the molecule is CNC(=S)[C@]1(c2cccnc2)CCCC[C@H]1OC(=O)C(C)(C)C. The highest BCUT2D eigenvalue weighted by Crippen LogP contribution is 2.42. The van der Waals surface area contributed by atoms with Crippen molar-refractivity contribution in [2.45, 2.75) is 58.0 Å². The van der Waals surface area contributed by atoms with Gasteiger partial charge in [-0.2, -0.15) is 0 Å². The van der Waals surface area contributed by atoms with Crippen LogP contribution in [-0.2, 0) is 14.9 Å². The molecule has 0 amide bonds. The highest BCUT2D eigenvalue weighted by atomic mass is 32.1. The average Bonchev–Trinajstić information content (AvgIpc) is 2.54. The Bertz CT molecular complexity index is 568. The van der Waals surface area contributed by atoms with Gasteiger partial charge in [-0.25, -0.2) is 0 Å². The predicted molar refractivity (Wildman–Crippen MR) is 95.4 cm³/mol. The molecule has 0 aliphatic heterocycles. The minimum Gasteiger partial charge on any atom is -0.461 e. The summed E-state index contributed by atoms with van der Waals surface area (Å²) in [4.78, 5) is 17.4. The van der Waals surface area contributed by atoms with Gasteiger partial charge >= 0.3 is 5.97 Å². The van der Waals surface area contributed by atoms with Crippen LogP contribution >= 0.6 is 12.2 Å². The highest BCUT2D eigenvalue weighted by molar-refractivity contribution is 7.80. The van der Waals surface area contributed by atoms with Crippen molar-refractivity contribution in [3.05, 3.63) is 30.1 Å². The zero-order valence-electron chi connectivity index (χ0n) is 14.4. The van der Waals surface area contributed by atoms with Crippen molar-refractivity contribution >= 4 is 23.2 Å². The molecule has 1 N–H and O–H groups in total. The lowest BCUT2D eigenvalue weighted by Gasteiger charge is -2.44. The number of carbonyl (C=O) groups is 1. The Hall–Kier alpha value is -1.49. The maximum absolute atomic E-state index is 12.5. The highest BCUT2D eigenvalue weighted by Gasteiger charge is 2.48. The van der Waals surface area contributed by atoms with Crippen molar-refractivity contribution in [1.29, 1.82) is 0 Å². The first-order chi connectivity index (χ1) is 10.8. The largest absolute Gasteiger partial charge is 0.461 e. The van der Waals surface area contributed by atoms with Crippen molar-refractivity contribution < 1.29 is 9.53 Å². The first-order valence-electron chi connectivity index (χ1n) is 8.16. The van der Waals surface area contributed by atoms with Crippen molar-refractivity contribution in [3.8, 4) is 0 Å². The maximum Gasteiger partial charge on any atom is 0.311 e. The van der Waals surface area contributed by atoms with E-state index in [1.807, 2.05) is 46.1 Å². The number of ether oxygens (including phenoxy) is 1. The van der Waals surface area contributed by atoms with Crippen LogP contribution in [0.1, 0.15) is 52.0 Å². The summed E-state index contributed by atoms with van der Waals surface area (Å²) in [6.07, 6.45) is 7.11. The van der Waals surface area contributed by atoms with Crippen LogP contribution < -0.4 is 5.32 Å². The Balaban J connectivity index is 2.44. The maximum atomic E-state index is 12.5. The molecule has 23 heavy (non-hydrogen) atoms. The van der Waals surface area contributed by atoms with Gasteiger partial charge in [0.1, 0.15) is 6.10 Å². The van der Waals surface area contributed by atoms with Gasteiger partial charge < -0.3 is 10.1 Å². The predicted octanol–water partition coefficient (Wildman–Crippen LogP) is 3.40. The lowest BCUT2D eigenvalue weighted by Crippen LogP contribution is -2.54. The molecule has 1 aliphatic rings. The monoisotopic (exact) mass is 334 g/mol. The summed E-state index contributed by atoms with van der Waals surface area (Å²) in [5, 5.41) is 3.13. The number of likely N-dealkylation sites (N-methyl/N-ethyl adjacent to an activating group) is 1. The lowest BCUT2D eigenvalue weighted by atomic mass is 9.67. The molecule has 126 valence electrons. The van der Waals surface area contributed by atoms with Gasteiger partial charge in [0.05, 0.1) is 15.8 Å². The van der Waals surface area contributed by atoms with Crippen LogP contribution in [0.15, 0.2) is 24.5 Å². The number of rotatable bonds is 3. The van der Waals surface area contributed by atoms with Crippen molar-refractivity contribution in [3.63, 3.8) is 0 Å². The molecular formula is C18H26N2O2S. The van der Waals surface area contributed by atoms with Gasteiger partial charge in [0.15, 0.2) is 0 Å². The van der Waals surface area contributed by atoms with Gasteiger partial charge in [-0.05, 0) is 51.7 Å². The van der Waals surface area contributed by atoms with Crippen molar-refractivity contribution in [2.75, 3.05) is 7.05 Å². The number of hydrogen-bond donors (Lipinski definition) is 1. The third-order valence-electron chi connectivity index (χ3n) is 4.51. The van der Waals surface area contributed by atoms with E-state index in [1.54, 1.807) is 6.20 Å². The fourth-order valence-corrected chi connectivity index (χ4v) is 3.53. The molecule has 2 rings (SSSR count). The summed E-state index contributed by atoms with van der Waals surface area (Å²) in [5.74, 6) is -0.184. The quantitative estimate of drug-likeness (QED) is 0.678. The fraction of sp³-hybridized carbons (Fsp3) is 0.611. The third-order valence-corrected chi connectivity index (χ3v) is 5.08. The molecule has 0 unspecified atom stereocenters. The molecular weight excluding hydrogens is 308 g/mol. The van der Waals surface area contributed by atoms with E-state index in [0.29, 0.717) is 0 Å². The van der Waals surface area contributed by atoms with Crippen LogP contribution in [0.3, 0.4) is 0 Å². The molecule has 1 fully saturated rings. The number of hydrogen-bond acceptors (Lipinski definition) is 4. The number of nitrogens with zero attached hydrogens (tertiary/aromatic N) is 1. The van der Waals surface area contributed by atoms with Crippen molar-refractivity contribution in [2.24, 2.45) is 5.41 Å². The minimum absolute atomic E-state index is 0.184. The molecule has 1 saturated carbocycles. The van der Waals surface area contributed by atoms with E-state index in [9.17, 15) is 4.79 Å². The third kappa shape index (κ3) is 3.55. The summed E-state index contributed by atoms with van der Waals surface area (Å²) in [7, 11) is 1.83. The number of aromatic nitrogens is 1. The zero-order valence-corrected chi connectivity index (χ0v) is 15.2. The Morgan fingerprint density at radius 2 is 2.17 bits per heavy atom. The zero-order chi connectivity index (χ0) is 17.1. The van der Waals surface area contributed by atoms with E-state index in [4.69, 9.17) is 17.0 Å². The normalized spacial score (nSPS) is 24.8. The standard InChI is InChI=1S/C18H26N2O2S/c1-17(2,3)16(21)22-14-9-5-6-10-18(14,15(23)19-4)13-8-7-11-20-12-13/h7-8,11-12,14H,5-6,9-10H2,1-4H3,(H,19,23)/t14-,18+/m1/s1. The average molecular weight is 334 g/mol. The number of esters is 1. The molecule has 1 aliphatic carbocycles. The second kappa shape index (κ2) is 6.95. The molecule has 1 aromatic heterocycles. The molecule has 4 nitrogen and oxygen atoms in total. The van der Waals surface area contributed by atoms with Gasteiger partial charge in [-0.3, -0.25) is 9.78 Å². The topological polar surface area (TPSA) is 51.2 Å². The Morgan fingerprint density at radius 1 is 1.43 bits per heavy atom. The summed E-state index contributed by atoms with van der Waals surface area (Å²) in [5.41, 5.74) is 0.00225. The number of nitrogens with one attached hydrogen (secondary N) is 1. The number of pyridine rings is 1. The Labute approximate surface area is 144 Å². The lowest BCUT2D eigenvalue weighted by molar-refractivity contribution is -0.162. The van der Waals surface area contributed by atoms with Crippen LogP contribution in [0.4, 0.5) is 0 Å². The molecule has 0 radical (unpaired) electrons. The molecule has 0 aromatic carbocycles. The van der Waals surface area contributed by atoms with E-state index in [1.165, 1.54) is 0 Å². The smallest absolute Gasteiger partial charge is 0.311 e. The molecule has 1 heterocycles. The van der Waals surface area contributed by atoms with Crippen LogP contribution in [0.25, 0.3) is 0 Å². The van der Waals surface area contributed by atoms with E-state index >= 15 is 0 Å². The molecule has 1 aromatic rings. The molecule has 0 saturated heterocycles. The second-order valence-electron chi connectivity index (χ2n) is 7.18. The van der Waals surface area contributed by atoms with Gasteiger partial charge in [-0.1, -0.05) is 24.7 Å². The summed E-state index contributed by atoms with van der Waals surface area (Å²) in [6, 6.07) is 3.94. The minimum atomic E-state index is -0.528. The summed E-state index contributed by atoms with van der Waals surface area (Å²) in [6.45, 7) is 5.63. The van der Waals surface area contributed by atoms with Gasteiger partial charge in [-0.15, -0.1) is 0 Å². The summed E-state index contributed by atoms with van der Waals surface area (Å²) >= 11 is 5.66. The van der Waals surface area contributed by atoms with E-state index in [2.05, 4.69) is 10.3 Å². The second-order valence-corrected chi connectivity index (χ2v) is 7.59. The van der Waals surface area contributed by atoms with Crippen LogP contribution in [-0.4, -0.2) is 29.1 Å². The molecule has 0 spiro atoms. The van der Waals surface area contributed by atoms with E-state index in [-0.39, 0.29) is 12.1 Å². The first kappa shape index (κ1) is 17.9. The van der Waals surface area contributed by atoms with Gasteiger partial charge in [0.2, 0.25) is 0 Å². The van der Waals surface area contributed by atoms with Crippen LogP contribution in [0.5, 0.6) is 0 Å². The molecule has 5 heteroatoms.